The maximum atomic E-state index is 5.86. The fourth-order valence-electron chi connectivity index (χ4n) is 1.30. The highest BCUT2D eigenvalue weighted by molar-refractivity contribution is 7.19. The van der Waals surface area contributed by atoms with Gasteiger partial charge in [0, 0.05) is 5.69 Å². The summed E-state index contributed by atoms with van der Waals surface area (Å²) in [6, 6.07) is 3.84. The van der Waals surface area contributed by atoms with E-state index >= 15 is 0 Å². The van der Waals surface area contributed by atoms with Gasteiger partial charge in [0.1, 0.15) is 11.5 Å². The first-order chi connectivity index (χ1) is 6.70. The highest BCUT2D eigenvalue weighted by atomic mass is 35.5. The van der Waals surface area contributed by atoms with Crippen molar-refractivity contribution < 1.29 is 0 Å². The molecule has 0 radical (unpaired) electrons. The highest BCUT2D eigenvalue weighted by Gasteiger charge is 2.09. The standard InChI is InChI=1S/C9H10ClN3S/c1-5-9(13-8(4-11)12-5)6-2-3-7(10)14-6/h2-3H,4,11H2,1H3,(H,12,13). The van der Waals surface area contributed by atoms with Crippen molar-refractivity contribution in [3.8, 4) is 10.6 Å². The number of rotatable bonds is 2. The van der Waals surface area contributed by atoms with Crippen LogP contribution in [0.3, 0.4) is 0 Å². The average molecular weight is 228 g/mol. The van der Waals surface area contributed by atoms with Crippen LogP contribution in [0.5, 0.6) is 0 Å². The van der Waals surface area contributed by atoms with E-state index in [0.29, 0.717) is 6.54 Å². The Morgan fingerprint density at radius 1 is 1.57 bits per heavy atom. The molecule has 2 rings (SSSR count). The van der Waals surface area contributed by atoms with Crippen LogP contribution in [0.1, 0.15) is 11.5 Å². The summed E-state index contributed by atoms with van der Waals surface area (Å²) >= 11 is 7.38. The lowest BCUT2D eigenvalue weighted by Gasteiger charge is -1.90. The van der Waals surface area contributed by atoms with Crippen LogP contribution in [-0.4, -0.2) is 9.97 Å². The van der Waals surface area contributed by atoms with Crippen LogP contribution < -0.4 is 5.73 Å². The van der Waals surface area contributed by atoms with Gasteiger partial charge >= 0.3 is 0 Å². The lowest BCUT2D eigenvalue weighted by atomic mass is 10.3. The molecule has 2 heterocycles. The van der Waals surface area contributed by atoms with Crippen LogP contribution >= 0.6 is 22.9 Å². The fourth-order valence-corrected chi connectivity index (χ4v) is 2.39. The van der Waals surface area contributed by atoms with Gasteiger partial charge in [-0.2, -0.15) is 0 Å². The van der Waals surface area contributed by atoms with E-state index in [0.717, 1.165) is 26.4 Å². The zero-order valence-electron chi connectivity index (χ0n) is 7.67. The Bertz CT molecular complexity index is 447. The van der Waals surface area contributed by atoms with Crippen LogP contribution in [0.15, 0.2) is 12.1 Å². The second-order valence-electron chi connectivity index (χ2n) is 2.96. The van der Waals surface area contributed by atoms with E-state index in [4.69, 9.17) is 17.3 Å². The summed E-state index contributed by atoms with van der Waals surface area (Å²) in [4.78, 5) is 8.59. The molecule has 0 aliphatic rings. The Labute approximate surface area is 90.9 Å². The van der Waals surface area contributed by atoms with Crippen molar-refractivity contribution in [1.82, 2.24) is 9.97 Å². The SMILES string of the molecule is Cc1[nH]c(CN)nc1-c1ccc(Cl)s1. The molecular formula is C9H10ClN3S. The van der Waals surface area contributed by atoms with Crippen LogP contribution in [0.4, 0.5) is 0 Å². The van der Waals surface area contributed by atoms with Gasteiger partial charge in [-0.05, 0) is 19.1 Å². The second-order valence-corrected chi connectivity index (χ2v) is 4.68. The molecule has 0 fully saturated rings. The monoisotopic (exact) mass is 227 g/mol. The minimum atomic E-state index is 0.431. The van der Waals surface area contributed by atoms with Gasteiger partial charge in [0.25, 0.3) is 0 Å². The van der Waals surface area contributed by atoms with Crippen molar-refractivity contribution in [1.29, 1.82) is 0 Å². The number of aromatic amines is 1. The number of thiophene rings is 1. The highest BCUT2D eigenvalue weighted by Crippen LogP contribution is 2.31. The number of hydrogen-bond acceptors (Lipinski definition) is 3. The molecule has 3 N–H and O–H groups in total. The summed E-state index contributed by atoms with van der Waals surface area (Å²) in [5.41, 5.74) is 7.48. The Kier molecular flexibility index (Phi) is 2.58. The van der Waals surface area contributed by atoms with Crippen LogP contribution in [-0.2, 0) is 6.54 Å². The van der Waals surface area contributed by atoms with E-state index < -0.39 is 0 Å². The molecule has 0 spiro atoms. The third-order valence-corrected chi connectivity index (χ3v) is 3.17. The minimum absolute atomic E-state index is 0.431. The molecule has 0 amide bonds. The summed E-state index contributed by atoms with van der Waals surface area (Å²) in [5.74, 6) is 0.807. The molecule has 0 bridgehead atoms. The van der Waals surface area contributed by atoms with Gasteiger partial charge in [-0.3, -0.25) is 0 Å². The first-order valence-corrected chi connectivity index (χ1v) is 5.41. The van der Waals surface area contributed by atoms with Gasteiger partial charge < -0.3 is 10.7 Å². The summed E-state index contributed by atoms with van der Waals surface area (Å²) < 4.78 is 0.775. The number of hydrogen-bond donors (Lipinski definition) is 2. The zero-order chi connectivity index (χ0) is 10.1. The Morgan fingerprint density at radius 2 is 2.36 bits per heavy atom. The summed E-state index contributed by atoms with van der Waals surface area (Å²) in [5, 5.41) is 0. The number of nitrogens with two attached hydrogens (primary N) is 1. The van der Waals surface area contributed by atoms with Crippen molar-refractivity contribution in [2.24, 2.45) is 5.73 Å². The largest absolute Gasteiger partial charge is 0.344 e. The number of aryl methyl sites for hydroxylation is 1. The molecule has 0 saturated heterocycles. The lowest BCUT2D eigenvalue weighted by Crippen LogP contribution is -1.97. The maximum absolute atomic E-state index is 5.86. The van der Waals surface area contributed by atoms with E-state index in [2.05, 4.69) is 9.97 Å². The van der Waals surface area contributed by atoms with Crippen LogP contribution in [0, 0.1) is 6.92 Å². The molecule has 2 aromatic rings. The molecule has 0 aromatic carbocycles. The Balaban J connectivity index is 2.45. The van der Waals surface area contributed by atoms with Gasteiger partial charge in [0.2, 0.25) is 0 Å². The molecule has 0 atom stereocenters. The summed E-state index contributed by atoms with van der Waals surface area (Å²) in [6.45, 7) is 2.41. The molecule has 2 aromatic heterocycles. The van der Waals surface area contributed by atoms with E-state index in [1.165, 1.54) is 11.3 Å². The fraction of sp³-hybridized carbons (Fsp3) is 0.222. The number of halogens is 1. The number of imidazole rings is 1. The lowest BCUT2D eigenvalue weighted by molar-refractivity contribution is 0.944. The van der Waals surface area contributed by atoms with Crippen molar-refractivity contribution >= 4 is 22.9 Å². The number of nitrogens with zero attached hydrogens (tertiary/aromatic N) is 1. The maximum Gasteiger partial charge on any atom is 0.120 e. The third-order valence-electron chi connectivity index (χ3n) is 1.93. The van der Waals surface area contributed by atoms with Gasteiger partial charge in [0.05, 0.1) is 15.8 Å². The Hall–Kier alpha value is -0.840. The summed E-state index contributed by atoms with van der Waals surface area (Å²) in [6.07, 6.45) is 0. The first kappa shape index (κ1) is 9.71. The van der Waals surface area contributed by atoms with E-state index in [1.807, 2.05) is 19.1 Å². The van der Waals surface area contributed by atoms with Crippen molar-refractivity contribution in [3.05, 3.63) is 28.0 Å². The van der Waals surface area contributed by atoms with E-state index in [-0.39, 0.29) is 0 Å². The molecule has 0 unspecified atom stereocenters. The molecule has 0 saturated carbocycles. The minimum Gasteiger partial charge on any atom is -0.344 e. The van der Waals surface area contributed by atoms with Crippen LogP contribution in [0.2, 0.25) is 4.34 Å². The Morgan fingerprint density at radius 3 is 2.86 bits per heavy atom. The number of nitrogens with one attached hydrogen (secondary N) is 1. The van der Waals surface area contributed by atoms with Gasteiger partial charge in [-0.1, -0.05) is 11.6 Å². The summed E-state index contributed by atoms with van der Waals surface area (Å²) in [7, 11) is 0. The molecule has 0 aliphatic heterocycles. The molecule has 74 valence electrons. The second kappa shape index (κ2) is 3.73. The quantitative estimate of drug-likeness (QED) is 0.829. The molecule has 3 nitrogen and oxygen atoms in total. The third kappa shape index (κ3) is 1.68. The number of H-pyrrole nitrogens is 1. The molecule has 0 aliphatic carbocycles. The van der Waals surface area contributed by atoms with Gasteiger partial charge in [0.15, 0.2) is 0 Å². The van der Waals surface area contributed by atoms with Gasteiger partial charge in [-0.15, -0.1) is 11.3 Å². The van der Waals surface area contributed by atoms with Crippen molar-refractivity contribution in [2.45, 2.75) is 13.5 Å². The molecular weight excluding hydrogens is 218 g/mol. The number of aromatic nitrogens is 2. The predicted molar refractivity (Wildman–Crippen MR) is 59.5 cm³/mol. The predicted octanol–water partition coefficient (Wildman–Crippen LogP) is 2.56. The average Bonchev–Trinajstić information content (AvgIpc) is 2.71. The van der Waals surface area contributed by atoms with Crippen molar-refractivity contribution in [3.63, 3.8) is 0 Å². The topological polar surface area (TPSA) is 54.7 Å². The zero-order valence-corrected chi connectivity index (χ0v) is 9.25. The van der Waals surface area contributed by atoms with E-state index in [9.17, 15) is 0 Å². The van der Waals surface area contributed by atoms with Crippen LogP contribution in [0.25, 0.3) is 10.6 Å². The normalized spacial score (nSPS) is 10.8. The molecule has 14 heavy (non-hydrogen) atoms. The smallest absolute Gasteiger partial charge is 0.120 e. The van der Waals surface area contributed by atoms with Crippen molar-refractivity contribution in [2.75, 3.05) is 0 Å². The van der Waals surface area contributed by atoms with E-state index in [1.54, 1.807) is 0 Å². The molecule has 5 heteroatoms. The first-order valence-electron chi connectivity index (χ1n) is 4.22. The van der Waals surface area contributed by atoms with Gasteiger partial charge in [-0.25, -0.2) is 4.98 Å².